The second-order valence-corrected chi connectivity index (χ2v) is 14.8. The van der Waals surface area contributed by atoms with E-state index in [-0.39, 0.29) is 40.8 Å². The number of anilines is 2. The molecule has 238 valence electrons. The Balaban J connectivity index is 1.19. The molecule has 0 aliphatic carbocycles. The number of nitrogen functional groups attached to an aromatic ring is 1. The van der Waals surface area contributed by atoms with Crippen LogP contribution in [-0.2, 0) is 0 Å². The molecule has 8 heterocycles. The average Bonchev–Trinajstić information content (AvgIpc) is 3.83. The van der Waals surface area contributed by atoms with Crippen molar-refractivity contribution in [3.05, 3.63) is 29.0 Å². The Morgan fingerprint density at radius 3 is 3.02 bits per heavy atom. The molecule has 14 heteroatoms. The zero-order chi connectivity index (χ0) is 30.9. The highest BCUT2D eigenvalue weighted by Gasteiger charge is 2.50. The molecular weight excluding hydrogens is 634 g/mol. The lowest BCUT2D eigenvalue weighted by molar-refractivity contribution is 0.107. The molecule has 4 saturated heterocycles. The van der Waals surface area contributed by atoms with E-state index >= 15 is 4.39 Å². The molecule has 3 aromatic heterocycles. The SMILES string of the molecule is Nc1[nH]nc2sc3cccc(-c4c(Cl)c5c6c(nc(OC[C@@]78CCCN7C[C@H](F)C8)nc6c4F)N4CC6CCC(N6)C4CO5)c3c12. The number of hydrogen-bond donors (Lipinski definition) is 3. The summed E-state index contributed by atoms with van der Waals surface area (Å²) in [5.41, 5.74) is 6.76. The minimum absolute atomic E-state index is 0.0311. The number of halogens is 3. The Morgan fingerprint density at radius 2 is 2.11 bits per heavy atom. The van der Waals surface area contributed by atoms with Gasteiger partial charge in [0.15, 0.2) is 11.6 Å². The minimum Gasteiger partial charge on any atom is -0.489 e. The Morgan fingerprint density at radius 1 is 1.20 bits per heavy atom. The molecule has 10 nitrogen and oxygen atoms in total. The van der Waals surface area contributed by atoms with Crippen LogP contribution in [0.25, 0.3) is 42.3 Å². The van der Waals surface area contributed by atoms with Crippen molar-refractivity contribution in [1.82, 2.24) is 30.4 Å². The largest absolute Gasteiger partial charge is 0.489 e. The number of thiophene rings is 1. The number of nitrogens with zero attached hydrogens (tertiary/aromatic N) is 5. The molecule has 5 aliphatic heterocycles. The average molecular weight is 665 g/mol. The summed E-state index contributed by atoms with van der Waals surface area (Å²) in [6.07, 6.45) is 3.43. The summed E-state index contributed by atoms with van der Waals surface area (Å²) in [7, 11) is 0. The van der Waals surface area contributed by atoms with E-state index in [4.69, 9.17) is 36.8 Å². The Kier molecular flexibility index (Phi) is 5.85. The van der Waals surface area contributed by atoms with E-state index in [0.29, 0.717) is 60.5 Å². The molecule has 0 amide bonds. The van der Waals surface area contributed by atoms with Crippen LogP contribution in [0.3, 0.4) is 0 Å². The van der Waals surface area contributed by atoms with Crippen LogP contribution in [0.1, 0.15) is 32.1 Å². The van der Waals surface area contributed by atoms with Crippen molar-refractivity contribution < 1.29 is 18.3 Å². The van der Waals surface area contributed by atoms with Gasteiger partial charge < -0.3 is 25.4 Å². The molecule has 46 heavy (non-hydrogen) atoms. The normalized spacial score (nSPS) is 28.6. The summed E-state index contributed by atoms with van der Waals surface area (Å²) in [5.74, 6) is 0.744. The molecular formula is C32H31ClF2N8O2S. The van der Waals surface area contributed by atoms with Crippen LogP contribution in [0.15, 0.2) is 18.2 Å². The predicted octanol–water partition coefficient (Wildman–Crippen LogP) is 5.42. The second-order valence-electron chi connectivity index (χ2n) is 13.4. The number of ether oxygens (including phenoxy) is 2. The summed E-state index contributed by atoms with van der Waals surface area (Å²) in [5, 5.41) is 13.0. The number of hydrogen-bond acceptors (Lipinski definition) is 10. The molecule has 2 aromatic carbocycles. The number of benzene rings is 2. The maximum Gasteiger partial charge on any atom is 0.319 e. The number of piperazine rings is 1. The molecule has 0 radical (unpaired) electrons. The molecule has 4 N–H and O–H groups in total. The quantitative estimate of drug-likeness (QED) is 0.232. The lowest BCUT2D eigenvalue weighted by atomic mass is 9.95. The number of aromatic nitrogens is 4. The van der Waals surface area contributed by atoms with Crippen LogP contribution >= 0.6 is 22.9 Å². The first-order valence-electron chi connectivity index (χ1n) is 15.9. The zero-order valence-electron chi connectivity index (χ0n) is 24.8. The Labute approximate surface area is 271 Å². The summed E-state index contributed by atoms with van der Waals surface area (Å²) in [4.78, 5) is 14.8. The molecule has 10 rings (SSSR count). The molecule has 3 unspecified atom stereocenters. The van der Waals surface area contributed by atoms with Crippen LogP contribution < -0.4 is 25.4 Å². The topological polar surface area (TPSA) is 117 Å². The smallest absolute Gasteiger partial charge is 0.319 e. The van der Waals surface area contributed by atoms with E-state index < -0.39 is 17.5 Å². The van der Waals surface area contributed by atoms with Crippen molar-refractivity contribution in [3.63, 3.8) is 0 Å². The predicted molar refractivity (Wildman–Crippen MR) is 175 cm³/mol. The van der Waals surface area contributed by atoms with Crippen molar-refractivity contribution in [2.45, 2.75) is 61.9 Å². The van der Waals surface area contributed by atoms with Gasteiger partial charge in [-0.15, -0.1) is 11.3 Å². The summed E-state index contributed by atoms with van der Waals surface area (Å²) in [6.45, 7) is 2.56. The minimum atomic E-state index is -0.888. The number of nitrogens with one attached hydrogen (secondary N) is 2. The molecule has 2 bridgehead atoms. The van der Waals surface area contributed by atoms with Gasteiger partial charge in [0.25, 0.3) is 0 Å². The van der Waals surface area contributed by atoms with Gasteiger partial charge in [0.05, 0.1) is 27.4 Å². The number of nitrogens with two attached hydrogens (primary N) is 1. The van der Waals surface area contributed by atoms with Crippen LogP contribution in [0.5, 0.6) is 11.8 Å². The van der Waals surface area contributed by atoms with Gasteiger partial charge in [-0.1, -0.05) is 23.7 Å². The van der Waals surface area contributed by atoms with Gasteiger partial charge in [0.1, 0.15) is 41.4 Å². The van der Waals surface area contributed by atoms with E-state index in [2.05, 4.69) is 25.3 Å². The fraction of sp³-hybridized carbons (Fsp3) is 0.469. The van der Waals surface area contributed by atoms with Gasteiger partial charge in [-0.05, 0) is 43.9 Å². The van der Waals surface area contributed by atoms with E-state index in [1.807, 2.05) is 18.2 Å². The maximum atomic E-state index is 17.3. The third kappa shape index (κ3) is 3.76. The first-order chi connectivity index (χ1) is 22.4. The van der Waals surface area contributed by atoms with Gasteiger partial charge in [0.2, 0.25) is 0 Å². The van der Waals surface area contributed by atoms with E-state index in [9.17, 15) is 4.39 Å². The standard InChI is InChI=1S/C32H31ClF2N8O2S/c33-24-21(16-3-1-4-19-20(16)22-28(36)40-41-30(22)46-19)25(35)26-23-27(24)44-12-18-17-6-5-15(37-17)11-43(18)29(23)39-31(38-26)45-13-32-7-2-8-42(32)10-14(34)9-32/h1,3-4,14-15,17-18,37H,2,5-13H2,(H3,36,40,41)/t14-,15?,17?,18?,32+/m1/s1. The van der Waals surface area contributed by atoms with Gasteiger partial charge >= 0.3 is 6.01 Å². The summed E-state index contributed by atoms with van der Waals surface area (Å²) in [6, 6.07) is 6.22. The van der Waals surface area contributed by atoms with Crippen LogP contribution in [0.4, 0.5) is 20.4 Å². The van der Waals surface area contributed by atoms with Crippen LogP contribution in [0.2, 0.25) is 5.02 Å². The van der Waals surface area contributed by atoms with E-state index in [1.54, 1.807) is 0 Å². The fourth-order valence-corrected chi connectivity index (χ4v) is 10.3. The fourth-order valence-electron chi connectivity index (χ4n) is 8.87. The molecule has 4 fully saturated rings. The van der Waals surface area contributed by atoms with Gasteiger partial charge in [-0.3, -0.25) is 10.00 Å². The molecule has 5 aliphatic rings. The zero-order valence-corrected chi connectivity index (χ0v) is 26.4. The van der Waals surface area contributed by atoms with Crippen molar-refractivity contribution in [3.8, 4) is 22.9 Å². The molecule has 0 saturated carbocycles. The molecule has 5 atom stereocenters. The Hall–Kier alpha value is -3.52. The highest BCUT2D eigenvalue weighted by atomic mass is 35.5. The highest BCUT2D eigenvalue weighted by Crippen LogP contribution is 2.52. The first-order valence-corrected chi connectivity index (χ1v) is 17.1. The van der Waals surface area contributed by atoms with Crippen LogP contribution in [-0.4, -0.2) is 87.7 Å². The van der Waals surface area contributed by atoms with E-state index in [0.717, 1.165) is 52.5 Å². The highest BCUT2D eigenvalue weighted by molar-refractivity contribution is 7.25. The third-order valence-electron chi connectivity index (χ3n) is 10.9. The lowest BCUT2D eigenvalue weighted by Crippen LogP contribution is -2.60. The van der Waals surface area contributed by atoms with Gasteiger partial charge in [-0.2, -0.15) is 15.1 Å². The maximum absolute atomic E-state index is 17.3. The van der Waals surface area contributed by atoms with Crippen molar-refractivity contribution in [2.75, 3.05) is 43.5 Å². The van der Waals surface area contributed by atoms with Gasteiger partial charge in [-0.25, -0.2) is 8.78 Å². The summed E-state index contributed by atoms with van der Waals surface area (Å²) >= 11 is 8.67. The van der Waals surface area contributed by atoms with Crippen molar-refractivity contribution in [1.29, 1.82) is 0 Å². The second kappa shape index (κ2) is 9.75. The first kappa shape index (κ1) is 27.6. The monoisotopic (exact) mass is 664 g/mol. The lowest BCUT2D eigenvalue weighted by Gasteiger charge is -2.40. The number of H-pyrrole nitrogens is 1. The number of aromatic amines is 1. The van der Waals surface area contributed by atoms with Crippen molar-refractivity contribution in [2.24, 2.45) is 0 Å². The number of rotatable bonds is 4. The van der Waals surface area contributed by atoms with Crippen LogP contribution in [0, 0.1) is 5.82 Å². The number of fused-ring (bicyclic) bond motifs is 9. The summed E-state index contributed by atoms with van der Waals surface area (Å²) < 4.78 is 45.6. The molecule has 5 aromatic rings. The van der Waals surface area contributed by atoms with Crippen molar-refractivity contribution >= 4 is 65.8 Å². The number of alkyl halides is 1. The van der Waals surface area contributed by atoms with E-state index in [1.165, 1.54) is 11.3 Å². The Bertz CT molecular complexity index is 2090. The third-order valence-corrected chi connectivity index (χ3v) is 12.3. The van der Waals surface area contributed by atoms with Gasteiger partial charge in [0, 0.05) is 47.2 Å². The molecule has 0 spiro atoms.